The molecule has 3 heterocycles. The number of aliphatic hydroxyl groups is 1. The number of allylic oxidation sites excluding steroid dienone is 3. The zero-order valence-corrected chi connectivity index (χ0v) is 33.5. The van der Waals surface area contributed by atoms with Crippen LogP contribution in [0.3, 0.4) is 0 Å². The number of carbonyl (C=O) groups is 4. The van der Waals surface area contributed by atoms with Crippen LogP contribution >= 0.6 is 33.2 Å². The number of hydrogen-bond acceptors (Lipinski definition) is 12. The van der Waals surface area contributed by atoms with Crippen molar-refractivity contribution in [2.75, 3.05) is 45.2 Å². The summed E-state index contributed by atoms with van der Waals surface area (Å²) < 4.78 is 29.2. The Bertz CT molecular complexity index is 1580. The van der Waals surface area contributed by atoms with E-state index in [1.165, 1.54) is 31.1 Å². The number of epoxide rings is 1. The number of amides is 3. The Morgan fingerprint density at radius 1 is 1.27 bits per heavy atom. The van der Waals surface area contributed by atoms with Gasteiger partial charge in [-0.15, -0.1) is 0 Å². The fourth-order valence-electron chi connectivity index (χ4n) is 6.61. The van der Waals surface area contributed by atoms with Crippen molar-refractivity contribution in [1.82, 2.24) is 10.2 Å². The van der Waals surface area contributed by atoms with Gasteiger partial charge in [-0.3, -0.25) is 14.9 Å². The second kappa shape index (κ2) is 17.5. The largest absolute Gasteiger partial charge is 0.495 e. The summed E-state index contributed by atoms with van der Waals surface area (Å²) in [7, 11) is 9.14. The van der Waals surface area contributed by atoms with E-state index in [0.717, 1.165) is 11.1 Å². The highest BCUT2D eigenvalue weighted by molar-refractivity contribution is 8.76. The topological polar surface area (TPSA) is 156 Å². The first-order valence-corrected chi connectivity index (χ1v) is 20.1. The molecule has 2 fully saturated rings. The first-order chi connectivity index (χ1) is 24.5. The number of carbonyl (C=O) groups excluding carboxylic acids is 4. The van der Waals surface area contributed by atoms with Gasteiger partial charge in [-0.25, -0.2) is 9.59 Å². The van der Waals surface area contributed by atoms with Gasteiger partial charge in [-0.05, 0) is 51.1 Å². The second-order valence-corrected chi connectivity index (χ2v) is 16.7. The first-order valence-electron chi connectivity index (χ1n) is 17.0. The van der Waals surface area contributed by atoms with Crippen molar-refractivity contribution >= 4 is 62.8 Å². The maximum atomic E-state index is 14.1. The molecule has 0 unspecified atom stereocenters. The molecule has 1 aromatic carbocycles. The summed E-state index contributed by atoms with van der Waals surface area (Å²) in [6.45, 7) is 7.02. The first kappa shape index (κ1) is 41.8. The number of esters is 1. The molecule has 0 aliphatic carbocycles. The lowest BCUT2D eigenvalue weighted by molar-refractivity contribution is -0.161. The summed E-state index contributed by atoms with van der Waals surface area (Å²) in [4.78, 5) is 56.2. The van der Waals surface area contributed by atoms with E-state index < -0.39 is 65.7 Å². The number of alkyl carbamates (subject to hydrolysis) is 1. The number of anilines is 1. The molecule has 4 rings (SSSR count). The van der Waals surface area contributed by atoms with Crippen molar-refractivity contribution in [3.63, 3.8) is 0 Å². The zero-order valence-electron chi connectivity index (χ0n) is 31.1. The number of likely N-dealkylation sites (N-methyl/N-ethyl adjacent to an activating group) is 1. The lowest BCUT2D eigenvalue weighted by atomic mass is 9.83. The summed E-state index contributed by atoms with van der Waals surface area (Å²) in [6.07, 6.45) is 3.17. The molecule has 1 aromatic rings. The summed E-state index contributed by atoms with van der Waals surface area (Å²) >= 11 is 6.75. The third-order valence-electron chi connectivity index (χ3n) is 10.0. The van der Waals surface area contributed by atoms with Gasteiger partial charge in [0.25, 0.3) is 0 Å². The smallest absolute Gasteiger partial charge is 0.409 e. The molecule has 2 saturated heterocycles. The Kier molecular flexibility index (Phi) is 14.0. The molecule has 3 aliphatic rings. The molecule has 2 N–H and O–H groups in total. The van der Waals surface area contributed by atoms with Gasteiger partial charge in [0.2, 0.25) is 11.8 Å². The number of nitrogens with zero attached hydrogens (tertiary/aromatic N) is 2. The number of halogens is 1. The minimum absolute atomic E-state index is 0.0452. The van der Waals surface area contributed by atoms with E-state index in [2.05, 4.69) is 5.32 Å². The normalized spacial score (nSPS) is 31.6. The van der Waals surface area contributed by atoms with E-state index >= 15 is 0 Å². The SMILES string of the molecule is COc1cc2cc(c1Cl)N(C)C(=O)C[C@H](OC(=O)[C@H](C)N(C)C(=O)CCSSC)[C@@]1(C)O[C@H]1[C@H](C)[C@@H]1C[C@@](O)(NC(=O)O1)[C@H](OC)/C=C\C=C(\C)C2. The molecule has 13 nitrogen and oxygen atoms in total. The third-order valence-corrected chi connectivity index (χ3v) is 12.2. The van der Waals surface area contributed by atoms with E-state index in [-0.39, 0.29) is 30.2 Å². The average molecular weight is 784 g/mol. The number of rotatable bonds is 9. The highest BCUT2D eigenvalue weighted by atomic mass is 35.5. The lowest BCUT2D eigenvalue weighted by Gasteiger charge is -2.42. The van der Waals surface area contributed by atoms with Gasteiger partial charge in [0.1, 0.15) is 40.7 Å². The van der Waals surface area contributed by atoms with Crippen LogP contribution in [-0.4, -0.2) is 116 Å². The van der Waals surface area contributed by atoms with Gasteiger partial charge in [0, 0.05) is 45.7 Å². The minimum atomic E-state index is -1.82. The van der Waals surface area contributed by atoms with E-state index in [1.54, 1.807) is 73.7 Å². The standard InChI is InChI=1S/C36H50ClN3O10S2/c1-20-11-10-12-27(47-8)36(45)19-26(48-34(44)38-36)21(2)32-35(4,50-32)28(49-33(43)22(3)39(5)29(41)13-14-52-51-9)18-30(42)40(6)24-16-23(15-20)17-25(46-7)31(24)37/h10-12,16-17,21-22,26-28,32,45H,13-15,18-19H2,1-9H3,(H,38,44)/b12-10-,20-11-/t21-,22+,26+,27-,28+,32+,35-,36+/m1/s1. The minimum Gasteiger partial charge on any atom is -0.495 e. The van der Waals surface area contributed by atoms with Gasteiger partial charge in [0.05, 0.1) is 25.3 Å². The van der Waals surface area contributed by atoms with E-state index in [4.69, 9.17) is 35.3 Å². The Hall–Kier alpha value is -2.95. The fraction of sp³-hybridized carbons (Fsp3) is 0.611. The number of benzene rings is 1. The number of ether oxygens (including phenoxy) is 5. The highest BCUT2D eigenvalue weighted by Crippen LogP contribution is 2.49. The van der Waals surface area contributed by atoms with Crippen molar-refractivity contribution in [2.45, 2.75) is 95.2 Å². The van der Waals surface area contributed by atoms with Crippen LogP contribution in [-0.2, 0) is 39.8 Å². The van der Waals surface area contributed by atoms with Gasteiger partial charge < -0.3 is 38.6 Å². The molecule has 8 atom stereocenters. The lowest BCUT2D eigenvalue weighted by Crippen LogP contribution is -2.63. The molecule has 0 radical (unpaired) electrons. The van der Waals surface area contributed by atoms with Crippen LogP contribution in [0, 0.1) is 5.92 Å². The summed E-state index contributed by atoms with van der Waals surface area (Å²) in [5, 5.41) is 14.5. The number of methoxy groups -OCH3 is 2. The van der Waals surface area contributed by atoms with Gasteiger partial charge in [-0.2, -0.15) is 0 Å². The van der Waals surface area contributed by atoms with Gasteiger partial charge >= 0.3 is 12.1 Å². The number of nitrogens with one attached hydrogen (secondary N) is 1. The third kappa shape index (κ3) is 9.40. The van der Waals surface area contributed by atoms with Crippen LogP contribution in [0.5, 0.6) is 5.75 Å². The van der Waals surface area contributed by atoms with Crippen molar-refractivity contribution in [3.8, 4) is 5.75 Å². The fourth-order valence-corrected chi connectivity index (χ4v) is 8.09. The van der Waals surface area contributed by atoms with E-state index in [9.17, 15) is 24.3 Å². The quantitative estimate of drug-likeness (QED) is 0.151. The van der Waals surface area contributed by atoms with Crippen LogP contribution in [0.4, 0.5) is 10.5 Å². The summed E-state index contributed by atoms with van der Waals surface area (Å²) in [5.74, 6) is -0.916. The van der Waals surface area contributed by atoms with Crippen LogP contribution in [0.2, 0.25) is 5.02 Å². The Labute approximate surface area is 318 Å². The predicted octanol–water partition coefficient (Wildman–Crippen LogP) is 4.92. The van der Waals surface area contributed by atoms with Crippen molar-refractivity contribution in [1.29, 1.82) is 0 Å². The predicted molar refractivity (Wildman–Crippen MR) is 202 cm³/mol. The molecule has 0 spiro atoms. The maximum Gasteiger partial charge on any atom is 0.409 e. The van der Waals surface area contributed by atoms with Crippen molar-refractivity contribution in [3.05, 3.63) is 46.5 Å². The van der Waals surface area contributed by atoms with Crippen LogP contribution in [0.1, 0.15) is 52.5 Å². The van der Waals surface area contributed by atoms with Crippen molar-refractivity contribution in [2.24, 2.45) is 5.92 Å². The number of hydrogen-bond donors (Lipinski definition) is 2. The Morgan fingerprint density at radius 2 is 1.98 bits per heavy atom. The van der Waals surface area contributed by atoms with Crippen molar-refractivity contribution < 1.29 is 48.0 Å². The van der Waals surface area contributed by atoms with Crippen LogP contribution in [0.15, 0.2) is 35.9 Å². The van der Waals surface area contributed by atoms with Gasteiger partial charge in [0.15, 0.2) is 5.72 Å². The molecule has 0 saturated carbocycles. The molecule has 16 heteroatoms. The summed E-state index contributed by atoms with van der Waals surface area (Å²) in [5.41, 5.74) is -0.884. The maximum absolute atomic E-state index is 14.1. The Morgan fingerprint density at radius 3 is 2.63 bits per heavy atom. The molecular weight excluding hydrogens is 734 g/mol. The molecule has 52 heavy (non-hydrogen) atoms. The average Bonchev–Trinajstić information content (AvgIpc) is 3.80. The number of fused-ring (bicyclic) bond motifs is 5. The Balaban J connectivity index is 1.74. The van der Waals surface area contributed by atoms with E-state index in [1.807, 2.05) is 19.3 Å². The molecule has 3 amide bonds. The summed E-state index contributed by atoms with van der Waals surface area (Å²) in [6, 6.07) is 2.63. The molecule has 0 aromatic heterocycles. The van der Waals surface area contributed by atoms with Crippen LogP contribution < -0.4 is 15.0 Å². The van der Waals surface area contributed by atoms with Crippen LogP contribution in [0.25, 0.3) is 0 Å². The van der Waals surface area contributed by atoms with E-state index in [0.29, 0.717) is 23.6 Å². The molecule has 288 valence electrons. The molecule has 3 aliphatic heterocycles. The molecule has 4 bridgehead atoms. The van der Waals surface area contributed by atoms with Gasteiger partial charge in [-0.1, -0.05) is 63.9 Å². The monoisotopic (exact) mass is 783 g/mol. The second-order valence-electron chi connectivity index (χ2n) is 13.6. The zero-order chi connectivity index (χ0) is 38.5. The molecular formula is C36H50ClN3O10S2. The highest BCUT2D eigenvalue weighted by Gasteiger charge is 2.64.